The van der Waals surface area contributed by atoms with Crippen molar-refractivity contribution in [1.82, 2.24) is 10.2 Å². The minimum atomic E-state index is -0.284. The molecule has 0 unspecified atom stereocenters. The summed E-state index contributed by atoms with van der Waals surface area (Å²) in [6.45, 7) is 2.61. The predicted octanol–water partition coefficient (Wildman–Crippen LogP) is 3.87. The molecule has 1 aliphatic rings. The number of para-hydroxylation sites is 1. The minimum absolute atomic E-state index is 0.0702. The van der Waals surface area contributed by atoms with Crippen LogP contribution in [0.5, 0.6) is 0 Å². The number of fused-ring (bicyclic) bond motifs is 1. The first-order chi connectivity index (χ1) is 11.7. The standard InChI is InChI=1S/C17H15N3O2S2/c1-11(16(21)20-9-8-12-5-2-3-6-13(12)20)24-17-19-18-15(22-17)14-7-4-10-23-14/h2-7,10-11H,8-9H2,1H3/t11-/m0/s1. The molecular formula is C17H15N3O2S2. The molecule has 122 valence electrons. The monoisotopic (exact) mass is 357 g/mol. The zero-order valence-electron chi connectivity index (χ0n) is 13.0. The summed E-state index contributed by atoms with van der Waals surface area (Å²) in [7, 11) is 0. The number of carbonyl (C=O) groups is 1. The van der Waals surface area contributed by atoms with E-state index in [9.17, 15) is 4.79 Å². The summed E-state index contributed by atoms with van der Waals surface area (Å²) in [5.74, 6) is 0.569. The maximum atomic E-state index is 12.8. The van der Waals surface area contributed by atoms with Crippen LogP contribution < -0.4 is 4.90 Å². The van der Waals surface area contributed by atoms with Gasteiger partial charge in [0.1, 0.15) is 0 Å². The predicted molar refractivity (Wildman–Crippen MR) is 95.4 cm³/mol. The summed E-state index contributed by atoms with van der Waals surface area (Å²) in [4.78, 5) is 15.5. The van der Waals surface area contributed by atoms with E-state index < -0.39 is 0 Å². The molecule has 2 aromatic heterocycles. The molecule has 3 heterocycles. The number of thioether (sulfide) groups is 1. The number of thiophene rings is 1. The largest absolute Gasteiger partial charge is 0.410 e. The van der Waals surface area contributed by atoms with Gasteiger partial charge in [-0.2, -0.15) is 0 Å². The van der Waals surface area contributed by atoms with Gasteiger partial charge in [0.05, 0.1) is 10.1 Å². The molecule has 1 amide bonds. The first-order valence-electron chi connectivity index (χ1n) is 7.65. The van der Waals surface area contributed by atoms with E-state index in [2.05, 4.69) is 16.3 Å². The Kier molecular flexibility index (Phi) is 4.12. The van der Waals surface area contributed by atoms with Crippen molar-refractivity contribution in [2.24, 2.45) is 0 Å². The lowest BCUT2D eigenvalue weighted by atomic mass is 10.2. The number of anilines is 1. The van der Waals surface area contributed by atoms with Crippen molar-refractivity contribution in [3.8, 4) is 10.8 Å². The lowest BCUT2D eigenvalue weighted by molar-refractivity contribution is -0.117. The second kappa shape index (κ2) is 6.41. The van der Waals surface area contributed by atoms with Crippen LogP contribution in [-0.2, 0) is 11.2 Å². The van der Waals surface area contributed by atoms with Crippen LogP contribution in [0.25, 0.3) is 10.8 Å². The van der Waals surface area contributed by atoms with Gasteiger partial charge >= 0.3 is 0 Å². The lowest BCUT2D eigenvalue weighted by Crippen LogP contribution is -2.35. The normalized spacial score (nSPS) is 14.6. The van der Waals surface area contributed by atoms with E-state index >= 15 is 0 Å². The van der Waals surface area contributed by atoms with Crippen LogP contribution >= 0.6 is 23.1 Å². The fourth-order valence-corrected chi connectivity index (χ4v) is 4.14. The molecule has 5 nitrogen and oxygen atoms in total. The summed E-state index contributed by atoms with van der Waals surface area (Å²) in [6, 6.07) is 11.9. The Labute approximate surface area is 147 Å². The number of hydrogen-bond donors (Lipinski definition) is 0. The van der Waals surface area contributed by atoms with Crippen LogP contribution in [0.4, 0.5) is 5.69 Å². The highest BCUT2D eigenvalue weighted by atomic mass is 32.2. The molecule has 7 heteroatoms. The molecule has 0 saturated carbocycles. The van der Waals surface area contributed by atoms with Gasteiger partial charge < -0.3 is 9.32 Å². The highest BCUT2D eigenvalue weighted by molar-refractivity contribution is 8.00. The van der Waals surface area contributed by atoms with E-state index in [1.807, 2.05) is 47.5 Å². The minimum Gasteiger partial charge on any atom is -0.410 e. The molecule has 1 aromatic carbocycles. The van der Waals surface area contributed by atoms with Crippen LogP contribution in [0.15, 0.2) is 51.4 Å². The van der Waals surface area contributed by atoms with E-state index in [1.54, 1.807) is 11.3 Å². The van der Waals surface area contributed by atoms with Crippen molar-refractivity contribution >= 4 is 34.7 Å². The van der Waals surface area contributed by atoms with Gasteiger partial charge in [0.25, 0.3) is 11.1 Å². The molecule has 24 heavy (non-hydrogen) atoms. The second-order valence-electron chi connectivity index (χ2n) is 5.48. The number of amides is 1. The SMILES string of the molecule is C[C@H](Sc1nnc(-c2cccs2)o1)C(=O)N1CCc2ccccc21. The highest BCUT2D eigenvalue weighted by Gasteiger charge is 2.29. The van der Waals surface area contributed by atoms with Gasteiger partial charge in [0.15, 0.2) is 0 Å². The summed E-state index contributed by atoms with van der Waals surface area (Å²) < 4.78 is 5.66. The Morgan fingerprint density at radius 1 is 1.29 bits per heavy atom. The molecule has 1 atom stereocenters. The van der Waals surface area contributed by atoms with Gasteiger partial charge in [0, 0.05) is 12.2 Å². The van der Waals surface area contributed by atoms with Gasteiger partial charge in [-0.25, -0.2) is 0 Å². The smallest absolute Gasteiger partial charge is 0.277 e. The maximum Gasteiger partial charge on any atom is 0.277 e. The fraction of sp³-hybridized carbons (Fsp3) is 0.235. The van der Waals surface area contributed by atoms with E-state index in [4.69, 9.17) is 4.42 Å². The van der Waals surface area contributed by atoms with Crippen LogP contribution in [0.3, 0.4) is 0 Å². The number of nitrogens with zero attached hydrogens (tertiary/aromatic N) is 3. The summed E-state index contributed by atoms with van der Waals surface area (Å²) in [5.41, 5.74) is 2.24. The third-order valence-corrected chi connectivity index (χ3v) is 5.70. The molecule has 0 saturated heterocycles. The third kappa shape index (κ3) is 2.85. The molecule has 0 aliphatic carbocycles. The zero-order valence-corrected chi connectivity index (χ0v) is 14.6. The van der Waals surface area contributed by atoms with Crippen molar-refractivity contribution in [3.05, 3.63) is 47.3 Å². The van der Waals surface area contributed by atoms with Gasteiger partial charge in [-0.05, 0) is 36.4 Å². The second-order valence-corrected chi connectivity index (χ2v) is 7.72. The van der Waals surface area contributed by atoms with Crippen molar-refractivity contribution in [3.63, 3.8) is 0 Å². The first-order valence-corrected chi connectivity index (χ1v) is 9.41. The van der Waals surface area contributed by atoms with Crippen molar-refractivity contribution < 1.29 is 9.21 Å². The zero-order chi connectivity index (χ0) is 16.5. The molecule has 0 N–H and O–H groups in total. The third-order valence-electron chi connectivity index (χ3n) is 3.92. The molecule has 1 aliphatic heterocycles. The van der Waals surface area contributed by atoms with Gasteiger partial charge in [-0.1, -0.05) is 36.0 Å². The Morgan fingerprint density at radius 2 is 2.17 bits per heavy atom. The van der Waals surface area contributed by atoms with Crippen LogP contribution in [-0.4, -0.2) is 27.9 Å². The number of benzene rings is 1. The fourth-order valence-electron chi connectivity index (χ4n) is 2.75. The highest BCUT2D eigenvalue weighted by Crippen LogP contribution is 2.32. The number of aromatic nitrogens is 2. The maximum absolute atomic E-state index is 12.8. The topological polar surface area (TPSA) is 59.2 Å². The van der Waals surface area contributed by atoms with E-state index in [0.29, 0.717) is 11.1 Å². The van der Waals surface area contributed by atoms with Gasteiger partial charge in [-0.15, -0.1) is 21.5 Å². The molecule has 0 fully saturated rings. The number of rotatable bonds is 4. The Bertz CT molecular complexity index is 860. The summed E-state index contributed by atoms with van der Waals surface area (Å²) in [6.07, 6.45) is 0.905. The molecular weight excluding hydrogens is 342 g/mol. The average Bonchev–Trinajstić information content (AvgIpc) is 3.33. The Morgan fingerprint density at radius 3 is 3.00 bits per heavy atom. The van der Waals surface area contributed by atoms with Gasteiger partial charge in [0.2, 0.25) is 5.91 Å². The number of hydrogen-bond acceptors (Lipinski definition) is 6. The average molecular weight is 357 g/mol. The first kappa shape index (κ1) is 15.4. The van der Waals surface area contributed by atoms with Crippen LogP contribution in [0.2, 0.25) is 0 Å². The Hall–Kier alpha value is -2.12. The quantitative estimate of drug-likeness (QED) is 0.664. The van der Waals surface area contributed by atoms with Gasteiger partial charge in [-0.3, -0.25) is 4.79 Å². The molecule has 0 bridgehead atoms. The van der Waals surface area contributed by atoms with E-state index in [1.165, 1.54) is 17.3 Å². The Balaban J connectivity index is 1.47. The van der Waals surface area contributed by atoms with Crippen molar-refractivity contribution in [1.29, 1.82) is 0 Å². The number of carbonyl (C=O) groups excluding carboxylic acids is 1. The molecule has 0 radical (unpaired) electrons. The van der Waals surface area contributed by atoms with Crippen LogP contribution in [0.1, 0.15) is 12.5 Å². The van der Waals surface area contributed by atoms with Crippen LogP contribution in [0, 0.1) is 0 Å². The van der Waals surface area contributed by atoms with E-state index in [0.717, 1.165) is 23.5 Å². The molecule has 4 rings (SSSR count). The molecule has 3 aromatic rings. The lowest BCUT2D eigenvalue weighted by Gasteiger charge is -2.20. The summed E-state index contributed by atoms with van der Waals surface area (Å²) >= 11 is 2.85. The van der Waals surface area contributed by atoms with Crippen molar-refractivity contribution in [2.45, 2.75) is 23.8 Å². The summed E-state index contributed by atoms with van der Waals surface area (Å²) in [5, 5.41) is 10.2. The van der Waals surface area contributed by atoms with Crippen molar-refractivity contribution in [2.75, 3.05) is 11.4 Å². The van der Waals surface area contributed by atoms with E-state index in [-0.39, 0.29) is 11.2 Å². The molecule has 0 spiro atoms.